The molecule has 1 aromatic carbocycles. The summed E-state index contributed by atoms with van der Waals surface area (Å²) in [6.07, 6.45) is 9.69. The van der Waals surface area contributed by atoms with Crippen molar-refractivity contribution in [2.24, 2.45) is 34.4 Å². The number of aliphatic hydroxyl groups is 2. The smallest absolute Gasteiger partial charge is 0.188 e. The number of aromatic nitrogens is 1. The normalized spacial score (nSPS) is 35.2. The van der Waals surface area contributed by atoms with Gasteiger partial charge < -0.3 is 26.2 Å². The van der Waals surface area contributed by atoms with Gasteiger partial charge in [-0.05, 0) is 79.7 Å². The molecular weight excluding hydrogens is 424 g/mol. The molecule has 3 aliphatic carbocycles. The standard InChI is InChI=1S/C28H38N4O2/c1-18(14-21-15-19-6-3-4-8-25(19)32-21)22-16-24-23(28(34)10-5-7-20(22)17-28)9-11-27(24,33)12-13-31-26(29)30-2/h3-8,15,20,22-24,32-34H,1,9-14,16-17H2,2H3,(H3,29,30,31). The van der Waals surface area contributed by atoms with Crippen LogP contribution in [0.15, 0.2) is 59.6 Å². The molecule has 6 unspecified atom stereocenters. The minimum absolute atomic E-state index is 0.0356. The summed E-state index contributed by atoms with van der Waals surface area (Å²) in [6, 6.07) is 10.5. The predicted octanol–water partition coefficient (Wildman–Crippen LogP) is 3.67. The summed E-state index contributed by atoms with van der Waals surface area (Å²) in [4.78, 5) is 7.50. The Morgan fingerprint density at radius 2 is 2.12 bits per heavy atom. The van der Waals surface area contributed by atoms with Gasteiger partial charge in [-0.2, -0.15) is 0 Å². The molecule has 2 aromatic rings. The number of allylic oxidation sites excluding steroid dienone is 2. The molecule has 6 nitrogen and oxygen atoms in total. The van der Waals surface area contributed by atoms with E-state index >= 15 is 0 Å². The molecule has 0 amide bonds. The Labute approximate surface area is 202 Å². The van der Waals surface area contributed by atoms with Crippen LogP contribution in [0.5, 0.6) is 0 Å². The van der Waals surface area contributed by atoms with Gasteiger partial charge in [0.1, 0.15) is 0 Å². The predicted molar refractivity (Wildman–Crippen MR) is 137 cm³/mol. The summed E-state index contributed by atoms with van der Waals surface area (Å²) in [7, 11) is 1.65. The highest BCUT2D eigenvalue weighted by Crippen LogP contribution is 2.57. The number of fused-ring (bicyclic) bond motifs is 5. The zero-order valence-electron chi connectivity index (χ0n) is 20.1. The number of aromatic amines is 1. The Balaban J connectivity index is 1.39. The largest absolute Gasteiger partial charge is 0.390 e. The fourth-order valence-electron chi connectivity index (χ4n) is 7.10. The molecule has 2 saturated carbocycles. The lowest BCUT2D eigenvalue weighted by atomic mass is 9.71. The van der Waals surface area contributed by atoms with Crippen molar-refractivity contribution in [2.45, 2.75) is 56.1 Å². The SMILES string of the molecule is C=C(Cc1cc2ccccc2[nH]1)C1CC2C(CCC2(O)CCNC(N)=NC)C2(O)CC=CC1C2. The molecule has 34 heavy (non-hydrogen) atoms. The third kappa shape index (κ3) is 4.18. The van der Waals surface area contributed by atoms with Crippen molar-refractivity contribution in [1.82, 2.24) is 10.3 Å². The Morgan fingerprint density at radius 1 is 1.29 bits per heavy atom. The molecule has 6 N–H and O–H groups in total. The Morgan fingerprint density at radius 3 is 2.91 bits per heavy atom. The maximum atomic E-state index is 11.8. The van der Waals surface area contributed by atoms with Crippen molar-refractivity contribution >= 4 is 16.9 Å². The molecule has 0 radical (unpaired) electrons. The number of aliphatic imine (C=N–C) groups is 1. The van der Waals surface area contributed by atoms with Crippen LogP contribution in [0.3, 0.4) is 0 Å². The number of nitrogens with two attached hydrogens (primary N) is 1. The monoisotopic (exact) mass is 462 g/mol. The van der Waals surface area contributed by atoms with E-state index in [9.17, 15) is 10.2 Å². The first-order chi connectivity index (χ1) is 16.3. The fraction of sp³-hybridized carbons (Fsp3) is 0.536. The average molecular weight is 463 g/mol. The van der Waals surface area contributed by atoms with Gasteiger partial charge in [-0.25, -0.2) is 0 Å². The Bertz CT molecular complexity index is 1090. The van der Waals surface area contributed by atoms with Gasteiger partial charge in [0.2, 0.25) is 0 Å². The first-order valence-electron chi connectivity index (χ1n) is 12.6. The first kappa shape index (κ1) is 23.2. The third-order valence-electron chi connectivity index (χ3n) is 8.86. The van der Waals surface area contributed by atoms with Gasteiger partial charge in [-0.15, -0.1) is 0 Å². The number of rotatable bonds is 6. The highest BCUT2D eigenvalue weighted by molar-refractivity contribution is 5.80. The summed E-state index contributed by atoms with van der Waals surface area (Å²) in [5.41, 5.74) is 7.73. The van der Waals surface area contributed by atoms with Gasteiger partial charge >= 0.3 is 0 Å². The summed E-state index contributed by atoms with van der Waals surface area (Å²) in [5, 5.41) is 27.9. The van der Waals surface area contributed by atoms with Gasteiger partial charge in [0.25, 0.3) is 0 Å². The number of benzene rings is 1. The van der Waals surface area contributed by atoms with Crippen LogP contribution in [0, 0.1) is 23.7 Å². The minimum Gasteiger partial charge on any atom is -0.390 e. The van der Waals surface area contributed by atoms with Crippen molar-refractivity contribution in [3.8, 4) is 0 Å². The molecular formula is C28H38N4O2. The maximum Gasteiger partial charge on any atom is 0.188 e. The van der Waals surface area contributed by atoms with Crippen LogP contribution >= 0.6 is 0 Å². The van der Waals surface area contributed by atoms with Crippen LogP contribution in [0.4, 0.5) is 0 Å². The molecule has 2 bridgehead atoms. The maximum absolute atomic E-state index is 11.8. The van der Waals surface area contributed by atoms with Crippen LogP contribution in [-0.4, -0.2) is 46.0 Å². The molecule has 1 aromatic heterocycles. The van der Waals surface area contributed by atoms with E-state index in [1.54, 1.807) is 7.05 Å². The van der Waals surface area contributed by atoms with Crippen LogP contribution < -0.4 is 11.1 Å². The number of hydrogen-bond acceptors (Lipinski definition) is 3. The number of para-hydroxylation sites is 1. The van der Waals surface area contributed by atoms with Crippen LogP contribution in [0.2, 0.25) is 0 Å². The molecule has 6 heteroatoms. The summed E-state index contributed by atoms with van der Waals surface area (Å²) < 4.78 is 0. The van der Waals surface area contributed by atoms with Crippen molar-refractivity contribution in [3.05, 3.63) is 60.3 Å². The molecule has 182 valence electrons. The second-order valence-electron chi connectivity index (χ2n) is 10.8. The Kier molecular flexibility index (Phi) is 6.07. The van der Waals surface area contributed by atoms with E-state index < -0.39 is 11.2 Å². The molecule has 6 atom stereocenters. The van der Waals surface area contributed by atoms with Crippen molar-refractivity contribution in [1.29, 1.82) is 0 Å². The molecule has 0 saturated heterocycles. The first-order valence-corrected chi connectivity index (χ1v) is 12.6. The second-order valence-corrected chi connectivity index (χ2v) is 10.8. The van der Waals surface area contributed by atoms with Gasteiger partial charge in [0.15, 0.2) is 5.96 Å². The lowest BCUT2D eigenvalue weighted by molar-refractivity contribution is -0.0745. The lowest BCUT2D eigenvalue weighted by Crippen LogP contribution is -2.46. The number of guanidine groups is 1. The van der Waals surface area contributed by atoms with Gasteiger partial charge in [0.05, 0.1) is 11.2 Å². The number of H-pyrrole nitrogens is 1. The van der Waals surface area contributed by atoms with Gasteiger partial charge in [-0.3, -0.25) is 4.99 Å². The van der Waals surface area contributed by atoms with Gasteiger partial charge in [0, 0.05) is 31.2 Å². The summed E-state index contributed by atoms with van der Waals surface area (Å²) in [5.74, 6) is 1.01. The molecule has 5 rings (SSSR count). The van der Waals surface area contributed by atoms with Crippen molar-refractivity contribution in [2.75, 3.05) is 13.6 Å². The summed E-state index contributed by atoms with van der Waals surface area (Å²) >= 11 is 0. The molecule has 3 aliphatic rings. The zero-order chi connectivity index (χ0) is 23.9. The van der Waals surface area contributed by atoms with E-state index in [2.05, 4.69) is 58.3 Å². The number of hydrogen-bond donors (Lipinski definition) is 5. The average Bonchev–Trinajstić information content (AvgIpc) is 3.35. The quantitative estimate of drug-likeness (QED) is 0.257. The van der Waals surface area contributed by atoms with Crippen molar-refractivity contribution in [3.63, 3.8) is 0 Å². The van der Waals surface area contributed by atoms with E-state index in [0.29, 0.717) is 31.8 Å². The lowest BCUT2D eigenvalue weighted by Gasteiger charge is -2.40. The third-order valence-corrected chi connectivity index (χ3v) is 8.86. The Hall–Kier alpha value is -2.57. The second kappa shape index (κ2) is 8.90. The van der Waals surface area contributed by atoms with Crippen molar-refractivity contribution < 1.29 is 10.2 Å². The topological polar surface area (TPSA) is 107 Å². The van der Waals surface area contributed by atoms with Crippen LogP contribution in [0.25, 0.3) is 10.9 Å². The fourth-order valence-corrected chi connectivity index (χ4v) is 7.10. The van der Waals surface area contributed by atoms with E-state index in [1.807, 2.05) is 6.07 Å². The molecule has 0 aliphatic heterocycles. The molecule has 2 fully saturated rings. The minimum atomic E-state index is -0.821. The van der Waals surface area contributed by atoms with Crippen LogP contribution in [-0.2, 0) is 6.42 Å². The van der Waals surface area contributed by atoms with E-state index in [1.165, 1.54) is 16.7 Å². The molecule has 1 heterocycles. The highest BCUT2D eigenvalue weighted by Gasteiger charge is 2.57. The van der Waals surface area contributed by atoms with E-state index in [-0.39, 0.29) is 23.7 Å². The summed E-state index contributed by atoms with van der Waals surface area (Å²) in [6.45, 7) is 5.13. The van der Waals surface area contributed by atoms with Crippen LogP contribution in [0.1, 0.15) is 44.2 Å². The highest BCUT2D eigenvalue weighted by atomic mass is 16.3. The molecule has 0 spiro atoms. The van der Waals surface area contributed by atoms with E-state index in [4.69, 9.17) is 5.73 Å². The van der Waals surface area contributed by atoms with Gasteiger partial charge in [-0.1, -0.05) is 42.5 Å². The number of nitrogens with one attached hydrogen (secondary N) is 2. The zero-order valence-corrected chi connectivity index (χ0v) is 20.1. The van der Waals surface area contributed by atoms with E-state index in [0.717, 1.165) is 31.2 Å². The number of nitrogens with zero attached hydrogens (tertiary/aromatic N) is 1.